The first-order chi connectivity index (χ1) is 14.5. The van der Waals surface area contributed by atoms with E-state index in [1.165, 1.54) is 12.5 Å². The number of pyridine rings is 1. The van der Waals surface area contributed by atoms with Crippen LogP contribution in [0.3, 0.4) is 0 Å². The summed E-state index contributed by atoms with van der Waals surface area (Å²) in [6.07, 6.45) is 4.00. The molecule has 2 amide bonds. The molecule has 1 aromatic heterocycles. The standard InChI is InChI=1S/C22H24N2O5S/c1-3-16-4-7-18(23-13-16)10-11-28-19-8-5-17(6-9-19)12-20-21(26)24(22(27)30-20)14-29-15(2)25/h4-9,13,20H,3,10-12,14H2,1-2H3. The zero-order valence-electron chi connectivity index (χ0n) is 17.0. The summed E-state index contributed by atoms with van der Waals surface area (Å²) in [5.74, 6) is -0.136. The van der Waals surface area contributed by atoms with E-state index in [-0.39, 0.29) is 12.6 Å². The first-order valence-corrected chi connectivity index (χ1v) is 10.6. The molecule has 2 heterocycles. The number of amides is 2. The number of carbonyl (C=O) groups excluding carboxylic acids is 3. The number of esters is 1. The van der Waals surface area contributed by atoms with Crippen LogP contribution in [0.4, 0.5) is 4.79 Å². The topological polar surface area (TPSA) is 85.8 Å². The number of aromatic nitrogens is 1. The summed E-state index contributed by atoms with van der Waals surface area (Å²) in [6.45, 7) is 3.52. The van der Waals surface area contributed by atoms with Crippen molar-refractivity contribution in [1.29, 1.82) is 0 Å². The van der Waals surface area contributed by atoms with Crippen LogP contribution in [0.25, 0.3) is 0 Å². The second kappa shape index (κ2) is 10.2. The molecular weight excluding hydrogens is 404 g/mol. The molecule has 1 aliphatic heterocycles. The van der Waals surface area contributed by atoms with Crippen LogP contribution < -0.4 is 4.74 Å². The highest BCUT2D eigenvalue weighted by molar-refractivity contribution is 8.15. The Bertz CT molecular complexity index is 899. The van der Waals surface area contributed by atoms with Crippen molar-refractivity contribution in [3.63, 3.8) is 0 Å². The quantitative estimate of drug-likeness (QED) is 0.566. The fraction of sp³-hybridized carbons (Fsp3) is 0.364. The smallest absolute Gasteiger partial charge is 0.304 e. The number of hydrogen-bond donors (Lipinski definition) is 0. The molecule has 1 aromatic carbocycles. The number of nitrogens with zero attached hydrogens (tertiary/aromatic N) is 2. The van der Waals surface area contributed by atoms with Gasteiger partial charge in [0.25, 0.3) is 5.24 Å². The lowest BCUT2D eigenvalue weighted by Crippen LogP contribution is -2.34. The zero-order chi connectivity index (χ0) is 21.5. The summed E-state index contributed by atoms with van der Waals surface area (Å²) in [4.78, 5) is 40.6. The molecule has 7 nitrogen and oxygen atoms in total. The van der Waals surface area contributed by atoms with Crippen molar-refractivity contribution in [2.45, 2.75) is 38.4 Å². The molecule has 3 rings (SSSR count). The molecule has 0 saturated carbocycles. The maximum absolute atomic E-state index is 12.4. The van der Waals surface area contributed by atoms with Crippen LogP contribution in [0.2, 0.25) is 0 Å². The SMILES string of the molecule is CCc1ccc(CCOc2ccc(CC3SC(=O)N(COC(C)=O)C3=O)cc2)nc1. The Hall–Kier alpha value is -2.87. The summed E-state index contributed by atoms with van der Waals surface area (Å²) in [6, 6.07) is 11.6. The first kappa shape index (κ1) is 21.8. The maximum atomic E-state index is 12.4. The summed E-state index contributed by atoms with van der Waals surface area (Å²) in [5.41, 5.74) is 3.13. The van der Waals surface area contributed by atoms with Gasteiger partial charge in [-0.25, -0.2) is 4.90 Å². The Morgan fingerprint density at radius 2 is 1.87 bits per heavy atom. The molecule has 1 fully saturated rings. The van der Waals surface area contributed by atoms with Crippen LogP contribution in [0, 0.1) is 0 Å². The van der Waals surface area contributed by atoms with Crippen molar-refractivity contribution in [1.82, 2.24) is 9.88 Å². The van der Waals surface area contributed by atoms with Crippen molar-refractivity contribution >= 4 is 28.9 Å². The van der Waals surface area contributed by atoms with Crippen LogP contribution in [0.5, 0.6) is 5.75 Å². The molecule has 0 radical (unpaired) electrons. The molecule has 30 heavy (non-hydrogen) atoms. The summed E-state index contributed by atoms with van der Waals surface area (Å²) in [5, 5.41) is -0.913. The second-order valence-corrected chi connectivity index (χ2v) is 8.02. The van der Waals surface area contributed by atoms with Gasteiger partial charge in [0.05, 0.1) is 11.9 Å². The number of ether oxygens (including phenoxy) is 2. The first-order valence-electron chi connectivity index (χ1n) is 9.77. The summed E-state index contributed by atoms with van der Waals surface area (Å²) >= 11 is 0.954. The van der Waals surface area contributed by atoms with Crippen LogP contribution in [-0.4, -0.2) is 45.6 Å². The van der Waals surface area contributed by atoms with Gasteiger partial charge in [-0.15, -0.1) is 0 Å². The normalized spacial score (nSPS) is 16.1. The van der Waals surface area contributed by atoms with Gasteiger partial charge in [-0.2, -0.15) is 0 Å². The molecule has 0 aliphatic carbocycles. The third kappa shape index (κ3) is 5.82. The number of aryl methyl sites for hydroxylation is 1. The molecule has 0 spiro atoms. The second-order valence-electron chi connectivity index (χ2n) is 6.86. The highest BCUT2D eigenvalue weighted by Crippen LogP contribution is 2.30. The maximum Gasteiger partial charge on any atom is 0.304 e. The Labute approximate surface area is 179 Å². The average molecular weight is 429 g/mol. The minimum absolute atomic E-state index is 0.334. The van der Waals surface area contributed by atoms with Gasteiger partial charge in [-0.1, -0.05) is 36.9 Å². The van der Waals surface area contributed by atoms with Crippen molar-refractivity contribution < 1.29 is 23.9 Å². The third-order valence-electron chi connectivity index (χ3n) is 4.67. The number of imide groups is 1. The van der Waals surface area contributed by atoms with Crippen molar-refractivity contribution in [2.75, 3.05) is 13.3 Å². The monoisotopic (exact) mass is 428 g/mol. The molecule has 8 heteroatoms. The van der Waals surface area contributed by atoms with Gasteiger partial charge in [0.1, 0.15) is 5.75 Å². The molecule has 1 atom stereocenters. The van der Waals surface area contributed by atoms with Gasteiger partial charge < -0.3 is 9.47 Å². The molecule has 1 unspecified atom stereocenters. The minimum atomic E-state index is -0.534. The van der Waals surface area contributed by atoms with Gasteiger partial charge in [0.15, 0.2) is 6.73 Å². The molecule has 158 valence electrons. The lowest BCUT2D eigenvalue weighted by molar-refractivity contribution is -0.147. The van der Waals surface area contributed by atoms with E-state index in [9.17, 15) is 14.4 Å². The van der Waals surface area contributed by atoms with E-state index in [1.54, 1.807) is 0 Å². The molecule has 1 saturated heterocycles. The van der Waals surface area contributed by atoms with E-state index in [2.05, 4.69) is 18.0 Å². The highest BCUT2D eigenvalue weighted by atomic mass is 32.2. The predicted molar refractivity (Wildman–Crippen MR) is 113 cm³/mol. The van der Waals surface area contributed by atoms with Gasteiger partial charge >= 0.3 is 5.97 Å². The van der Waals surface area contributed by atoms with Crippen LogP contribution in [0.1, 0.15) is 30.7 Å². The highest BCUT2D eigenvalue weighted by Gasteiger charge is 2.39. The van der Waals surface area contributed by atoms with E-state index in [0.29, 0.717) is 13.0 Å². The Balaban J connectivity index is 1.47. The van der Waals surface area contributed by atoms with E-state index in [4.69, 9.17) is 9.47 Å². The fourth-order valence-electron chi connectivity index (χ4n) is 2.92. The summed E-state index contributed by atoms with van der Waals surface area (Å²) in [7, 11) is 0. The molecule has 2 aromatic rings. The number of carbonyl (C=O) groups is 3. The Morgan fingerprint density at radius 1 is 1.13 bits per heavy atom. The van der Waals surface area contributed by atoms with Crippen LogP contribution in [0.15, 0.2) is 42.6 Å². The van der Waals surface area contributed by atoms with Crippen LogP contribution in [-0.2, 0) is 33.6 Å². The van der Waals surface area contributed by atoms with E-state index in [1.807, 2.05) is 36.5 Å². The number of benzene rings is 1. The number of hydrogen-bond acceptors (Lipinski definition) is 7. The average Bonchev–Trinajstić information content (AvgIpc) is 3.00. The predicted octanol–water partition coefficient (Wildman–Crippen LogP) is 3.39. The third-order valence-corrected chi connectivity index (χ3v) is 5.74. The fourth-order valence-corrected chi connectivity index (χ4v) is 3.94. The van der Waals surface area contributed by atoms with Gasteiger partial charge in [-0.3, -0.25) is 19.4 Å². The number of rotatable bonds is 9. The van der Waals surface area contributed by atoms with Crippen molar-refractivity contribution in [2.24, 2.45) is 0 Å². The summed E-state index contributed by atoms with van der Waals surface area (Å²) < 4.78 is 10.6. The van der Waals surface area contributed by atoms with Gasteiger partial charge in [-0.05, 0) is 42.2 Å². The van der Waals surface area contributed by atoms with Crippen molar-refractivity contribution in [3.8, 4) is 5.75 Å². The zero-order valence-corrected chi connectivity index (χ0v) is 17.8. The molecule has 1 aliphatic rings. The van der Waals surface area contributed by atoms with E-state index in [0.717, 1.165) is 46.5 Å². The van der Waals surface area contributed by atoms with E-state index >= 15 is 0 Å². The molecule has 0 bridgehead atoms. The molecular formula is C22H24N2O5S. The van der Waals surface area contributed by atoms with Gasteiger partial charge in [0.2, 0.25) is 5.91 Å². The van der Waals surface area contributed by atoms with Gasteiger partial charge in [0, 0.05) is 25.2 Å². The minimum Gasteiger partial charge on any atom is -0.493 e. The Morgan fingerprint density at radius 3 is 2.50 bits per heavy atom. The van der Waals surface area contributed by atoms with Crippen LogP contribution >= 0.6 is 11.8 Å². The van der Waals surface area contributed by atoms with E-state index < -0.39 is 16.5 Å². The molecule has 0 N–H and O–H groups in total. The number of thioether (sulfide) groups is 1. The lowest BCUT2D eigenvalue weighted by Gasteiger charge is -2.13. The lowest BCUT2D eigenvalue weighted by atomic mass is 10.1. The van der Waals surface area contributed by atoms with Crippen molar-refractivity contribution in [3.05, 3.63) is 59.4 Å². The Kier molecular flexibility index (Phi) is 7.46. The largest absolute Gasteiger partial charge is 0.493 e.